The number of nitrogens with zero attached hydrogens (tertiary/aromatic N) is 4. The lowest BCUT2D eigenvalue weighted by atomic mass is 10.1. The highest BCUT2D eigenvalue weighted by Gasteiger charge is 2.28. The first kappa shape index (κ1) is 14.9. The van der Waals surface area contributed by atoms with E-state index in [0.29, 0.717) is 17.0 Å². The van der Waals surface area contributed by atoms with E-state index in [1.54, 1.807) is 18.0 Å². The Balaban J connectivity index is 1.75. The van der Waals surface area contributed by atoms with Crippen LogP contribution in [0.1, 0.15) is 11.1 Å². The molecule has 2 aromatic heterocycles. The third-order valence-electron chi connectivity index (χ3n) is 4.46. The zero-order valence-electron chi connectivity index (χ0n) is 13.9. The average Bonchev–Trinajstić information content (AvgIpc) is 2.90. The number of ether oxygens (including phenoxy) is 1. The summed E-state index contributed by atoms with van der Waals surface area (Å²) in [7, 11) is 1.69. The monoisotopic (exact) mass is 325 g/mol. The molecule has 1 saturated heterocycles. The van der Waals surface area contributed by atoms with Crippen molar-refractivity contribution in [3.63, 3.8) is 0 Å². The molecule has 3 aromatic rings. The molecule has 7 heteroatoms. The van der Waals surface area contributed by atoms with Gasteiger partial charge in [0.1, 0.15) is 5.39 Å². The topological polar surface area (TPSA) is 76.0 Å². The lowest BCUT2D eigenvalue weighted by Gasteiger charge is -2.38. The van der Waals surface area contributed by atoms with Gasteiger partial charge >= 0.3 is 0 Å². The fraction of sp³-hybridized carbons (Fsp3) is 0.353. The summed E-state index contributed by atoms with van der Waals surface area (Å²) in [6, 6.07) is 6.13. The number of methoxy groups -OCH3 is 1. The van der Waals surface area contributed by atoms with Gasteiger partial charge in [0.2, 0.25) is 5.95 Å². The predicted molar refractivity (Wildman–Crippen MR) is 92.0 cm³/mol. The summed E-state index contributed by atoms with van der Waals surface area (Å²) in [6.45, 7) is 5.53. The van der Waals surface area contributed by atoms with E-state index in [0.717, 1.165) is 24.3 Å². The lowest BCUT2D eigenvalue weighted by Crippen LogP contribution is -2.52. The van der Waals surface area contributed by atoms with E-state index in [-0.39, 0.29) is 11.7 Å². The number of aromatic amines is 1. The van der Waals surface area contributed by atoms with Gasteiger partial charge in [0.15, 0.2) is 5.65 Å². The maximum absolute atomic E-state index is 12.4. The van der Waals surface area contributed by atoms with Crippen molar-refractivity contribution in [2.75, 3.05) is 25.1 Å². The number of benzene rings is 1. The van der Waals surface area contributed by atoms with Crippen LogP contribution in [0.2, 0.25) is 0 Å². The van der Waals surface area contributed by atoms with Crippen LogP contribution in [0.4, 0.5) is 5.95 Å². The molecule has 0 radical (unpaired) electrons. The number of H-pyrrole nitrogens is 1. The van der Waals surface area contributed by atoms with Crippen molar-refractivity contribution in [1.29, 1.82) is 0 Å². The Labute approximate surface area is 138 Å². The number of anilines is 1. The average molecular weight is 325 g/mol. The molecule has 4 rings (SSSR count). The predicted octanol–water partition coefficient (Wildman–Crippen LogP) is 1.56. The van der Waals surface area contributed by atoms with Gasteiger partial charge in [-0.1, -0.05) is 17.7 Å². The van der Waals surface area contributed by atoms with Crippen LogP contribution >= 0.6 is 0 Å². The molecule has 1 aliphatic heterocycles. The number of aryl methyl sites for hydroxylation is 2. The van der Waals surface area contributed by atoms with Crippen molar-refractivity contribution in [2.45, 2.75) is 20.0 Å². The van der Waals surface area contributed by atoms with Crippen LogP contribution in [-0.2, 0) is 4.74 Å². The molecule has 0 saturated carbocycles. The van der Waals surface area contributed by atoms with Crippen LogP contribution in [0.5, 0.6) is 0 Å². The highest BCUT2D eigenvalue weighted by Crippen LogP contribution is 2.20. The van der Waals surface area contributed by atoms with Crippen molar-refractivity contribution in [1.82, 2.24) is 19.7 Å². The van der Waals surface area contributed by atoms with E-state index in [1.165, 1.54) is 5.56 Å². The van der Waals surface area contributed by atoms with E-state index in [4.69, 9.17) is 4.74 Å². The second-order valence-corrected chi connectivity index (χ2v) is 6.25. The summed E-state index contributed by atoms with van der Waals surface area (Å²) in [5.41, 5.74) is 3.52. The second kappa shape index (κ2) is 5.45. The first-order chi connectivity index (χ1) is 11.5. The van der Waals surface area contributed by atoms with Gasteiger partial charge in [0, 0.05) is 26.4 Å². The van der Waals surface area contributed by atoms with Gasteiger partial charge in [-0.3, -0.25) is 9.78 Å². The first-order valence-electron chi connectivity index (χ1n) is 7.90. The van der Waals surface area contributed by atoms with E-state index in [2.05, 4.69) is 28.1 Å². The molecule has 0 amide bonds. The molecule has 1 fully saturated rings. The van der Waals surface area contributed by atoms with Crippen LogP contribution < -0.4 is 10.5 Å². The lowest BCUT2D eigenvalue weighted by molar-refractivity contribution is 0.0778. The van der Waals surface area contributed by atoms with Crippen LogP contribution in [0, 0.1) is 13.8 Å². The minimum atomic E-state index is -0.174. The quantitative estimate of drug-likeness (QED) is 0.791. The molecule has 7 nitrogen and oxygen atoms in total. The normalized spacial score (nSPS) is 15.0. The molecule has 3 heterocycles. The zero-order chi connectivity index (χ0) is 16.8. The summed E-state index contributed by atoms with van der Waals surface area (Å²) in [4.78, 5) is 21.7. The standard InChI is InChI=1S/C17H19N5O2/c1-10-4-5-14(11(2)6-10)22-9-13-15(20-22)18-17(19-16(13)23)21-7-12(8-21)24-3/h4-6,9,12H,7-8H2,1-3H3,(H,18,19,20,23). The first-order valence-corrected chi connectivity index (χ1v) is 7.90. The molecule has 24 heavy (non-hydrogen) atoms. The summed E-state index contributed by atoms with van der Waals surface area (Å²) < 4.78 is 6.98. The summed E-state index contributed by atoms with van der Waals surface area (Å²) >= 11 is 0. The second-order valence-electron chi connectivity index (χ2n) is 6.25. The molecule has 1 N–H and O–H groups in total. The van der Waals surface area contributed by atoms with Gasteiger partial charge in [0.25, 0.3) is 5.56 Å². The number of nitrogens with one attached hydrogen (secondary N) is 1. The Morgan fingerprint density at radius 1 is 1.29 bits per heavy atom. The highest BCUT2D eigenvalue weighted by molar-refractivity contribution is 5.75. The Kier molecular flexibility index (Phi) is 3.38. The van der Waals surface area contributed by atoms with Gasteiger partial charge in [-0.05, 0) is 25.5 Å². The summed E-state index contributed by atoms with van der Waals surface area (Å²) in [6.07, 6.45) is 1.93. The van der Waals surface area contributed by atoms with Crippen LogP contribution in [0.15, 0.2) is 29.2 Å². The zero-order valence-corrected chi connectivity index (χ0v) is 13.9. The number of hydrogen-bond donors (Lipinski definition) is 1. The van der Waals surface area contributed by atoms with Crippen molar-refractivity contribution in [2.24, 2.45) is 0 Å². The molecule has 0 spiro atoms. The largest absolute Gasteiger partial charge is 0.378 e. The third kappa shape index (κ3) is 2.37. The third-order valence-corrected chi connectivity index (χ3v) is 4.46. The van der Waals surface area contributed by atoms with Crippen LogP contribution in [-0.4, -0.2) is 46.1 Å². The smallest absolute Gasteiger partial charge is 0.263 e. The van der Waals surface area contributed by atoms with Gasteiger partial charge in [0.05, 0.1) is 11.8 Å². The van der Waals surface area contributed by atoms with E-state index in [1.807, 2.05) is 24.0 Å². The number of hydrogen-bond acceptors (Lipinski definition) is 5. The van der Waals surface area contributed by atoms with Crippen molar-refractivity contribution in [3.8, 4) is 5.69 Å². The molecular formula is C17H19N5O2. The van der Waals surface area contributed by atoms with E-state index >= 15 is 0 Å². The minimum absolute atomic E-state index is 0.174. The number of aromatic nitrogens is 4. The van der Waals surface area contributed by atoms with Gasteiger partial charge in [-0.15, -0.1) is 5.10 Å². The van der Waals surface area contributed by atoms with Crippen LogP contribution in [0.25, 0.3) is 16.7 Å². The SMILES string of the molecule is COC1CN(c2nc3nn(-c4ccc(C)cc4C)cc3c(=O)[nH]2)C1. The molecule has 124 valence electrons. The fourth-order valence-electron chi connectivity index (χ4n) is 3.00. The molecule has 0 atom stereocenters. The van der Waals surface area contributed by atoms with E-state index < -0.39 is 0 Å². The number of rotatable bonds is 3. The maximum atomic E-state index is 12.4. The maximum Gasteiger partial charge on any atom is 0.263 e. The van der Waals surface area contributed by atoms with E-state index in [9.17, 15) is 4.79 Å². The fourth-order valence-corrected chi connectivity index (χ4v) is 3.00. The van der Waals surface area contributed by atoms with Crippen molar-refractivity contribution < 1.29 is 4.74 Å². The Hall–Kier alpha value is -2.67. The highest BCUT2D eigenvalue weighted by atomic mass is 16.5. The summed E-state index contributed by atoms with van der Waals surface area (Å²) in [5.74, 6) is 0.548. The van der Waals surface area contributed by atoms with Crippen molar-refractivity contribution >= 4 is 17.0 Å². The molecule has 0 bridgehead atoms. The van der Waals surface area contributed by atoms with Gasteiger partial charge < -0.3 is 9.64 Å². The minimum Gasteiger partial charge on any atom is -0.378 e. The summed E-state index contributed by atoms with van der Waals surface area (Å²) in [5, 5.41) is 4.99. The molecule has 0 aliphatic carbocycles. The molecule has 0 unspecified atom stereocenters. The van der Waals surface area contributed by atoms with Gasteiger partial charge in [-0.2, -0.15) is 4.98 Å². The molecule has 1 aliphatic rings. The Morgan fingerprint density at radius 3 is 2.79 bits per heavy atom. The van der Waals surface area contributed by atoms with Crippen molar-refractivity contribution in [3.05, 3.63) is 45.9 Å². The van der Waals surface area contributed by atoms with Crippen LogP contribution in [0.3, 0.4) is 0 Å². The molecule has 1 aromatic carbocycles. The molecular weight excluding hydrogens is 306 g/mol. The Bertz CT molecular complexity index is 969. The number of fused-ring (bicyclic) bond motifs is 1. The van der Waals surface area contributed by atoms with Gasteiger partial charge in [-0.25, -0.2) is 4.68 Å². The Morgan fingerprint density at radius 2 is 2.08 bits per heavy atom.